The fourth-order valence-corrected chi connectivity index (χ4v) is 2.32. The monoisotopic (exact) mass is 305 g/mol. The zero-order valence-corrected chi connectivity index (χ0v) is 12.8. The number of hydrogen-bond acceptors (Lipinski definition) is 3. The van der Waals surface area contributed by atoms with Crippen LogP contribution in [0, 0.1) is 0 Å². The van der Waals surface area contributed by atoms with E-state index in [0.717, 1.165) is 0 Å². The molecular weight excluding hydrogens is 286 g/mol. The van der Waals surface area contributed by atoms with E-state index < -0.39 is 5.97 Å². The largest absolute Gasteiger partial charge is 0.480 e. The van der Waals surface area contributed by atoms with Crippen molar-refractivity contribution in [2.75, 3.05) is 6.54 Å². The van der Waals surface area contributed by atoms with E-state index in [0.29, 0.717) is 23.0 Å². The van der Waals surface area contributed by atoms with E-state index in [-0.39, 0.29) is 24.2 Å². The molecule has 1 aromatic carbocycles. The van der Waals surface area contributed by atoms with Crippen LogP contribution in [0.3, 0.4) is 0 Å². The zero-order valence-electron chi connectivity index (χ0n) is 12.8. The maximum Gasteiger partial charge on any atom is 0.326 e. The van der Waals surface area contributed by atoms with E-state index in [1.54, 1.807) is 25.2 Å². The first kappa shape index (κ1) is 15.8. The summed E-state index contributed by atoms with van der Waals surface area (Å²) in [5, 5.41) is 9.00. The van der Waals surface area contributed by atoms with Crippen LogP contribution >= 0.6 is 0 Å². The number of nitrogens with one attached hydrogen (secondary N) is 1. The molecule has 7 heteroatoms. The van der Waals surface area contributed by atoms with E-state index in [1.807, 2.05) is 13.8 Å². The number of carboxylic acids is 1. The van der Waals surface area contributed by atoms with Crippen LogP contribution in [0.2, 0.25) is 0 Å². The molecule has 0 saturated carbocycles. The Morgan fingerprint density at radius 2 is 2.09 bits per heavy atom. The number of carbonyl (C=O) groups is 2. The van der Waals surface area contributed by atoms with Crippen LogP contribution in [0.25, 0.3) is 11.0 Å². The average molecular weight is 305 g/mol. The highest BCUT2D eigenvalue weighted by molar-refractivity contribution is 5.98. The molecule has 1 heterocycles. The van der Waals surface area contributed by atoms with Gasteiger partial charge in [0.15, 0.2) is 0 Å². The van der Waals surface area contributed by atoms with Gasteiger partial charge in [0.05, 0.1) is 11.0 Å². The quantitative estimate of drug-likeness (QED) is 0.867. The Labute approximate surface area is 127 Å². The second kappa shape index (κ2) is 6.05. The molecular formula is C15H19N3O4. The molecule has 0 radical (unpaired) electrons. The number of fused-ring (bicyclic) bond motifs is 1. The summed E-state index contributed by atoms with van der Waals surface area (Å²) < 4.78 is 1.41. The molecule has 22 heavy (non-hydrogen) atoms. The van der Waals surface area contributed by atoms with Gasteiger partial charge in [-0.3, -0.25) is 14.2 Å². The molecule has 0 bridgehead atoms. The lowest BCUT2D eigenvalue weighted by atomic mass is 10.1. The second-order valence-electron chi connectivity index (χ2n) is 5.31. The van der Waals surface area contributed by atoms with Gasteiger partial charge in [-0.25, -0.2) is 4.79 Å². The fraction of sp³-hybridized carbons (Fsp3) is 0.400. The lowest BCUT2D eigenvalue weighted by Gasteiger charge is -2.27. The Kier molecular flexibility index (Phi) is 4.35. The minimum atomic E-state index is -1.05. The number of imidazole rings is 1. The van der Waals surface area contributed by atoms with Crippen molar-refractivity contribution in [3.63, 3.8) is 0 Å². The Morgan fingerprint density at radius 1 is 1.41 bits per heavy atom. The van der Waals surface area contributed by atoms with Gasteiger partial charge in [-0.15, -0.1) is 0 Å². The molecule has 0 aliphatic rings. The number of benzene rings is 1. The molecule has 0 fully saturated rings. The van der Waals surface area contributed by atoms with Crippen molar-refractivity contribution >= 4 is 22.9 Å². The minimum Gasteiger partial charge on any atom is -0.480 e. The van der Waals surface area contributed by atoms with Crippen LogP contribution in [0.5, 0.6) is 0 Å². The van der Waals surface area contributed by atoms with Gasteiger partial charge in [0.1, 0.15) is 6.54 Å². The lowest BCUT2D eigenvalue weighted by molar-refractivity contribution is -0.138. The Hall–Kier alpha value is -2.57. The maximum atomic E-state index is 12.6. The van der Waals surface area contributed by atoms with E-state index in [4.69, 9.17) is 5.11 Å². The Balaban J connectivity index is 2.43. The van der Waals surface area contributed by atoms with Crippen LogP contribution in [0.15, 0.2) is 23.0 Å². The zero-order chi connectivity index (χ0) is 16.4. The molecule has 1 aromatic heterocycles. The standard InChI is InChI=1S/C15H19N3O4/c1-4-9(2)18(8-13(19)20)14(21)10-5-6-11-12(7-10)17(3)15(22)16-11/h5-7,9H,4,8H2,1-3H3,(H,16,22)(H,19,20). The summed E-state index contributed by atoms with van der Waals surface area (Å²) in [5.74, 6) is -1.41. The van der Waals surface area contributed by atoms with E-state index in [1.165, 1.54) is 9.47 Å². The number of nitrogens with zero attached hydrogens (tertiary/aromatic N) is 2. The maximum absolute atomic E-state index is 12.6. The molecule has 1 atom stereocenters. The summed E-state index contributed by atoms with van der Waals surface area (Å²) in [4.78, 5) is 39.2. The third kappa shape index (κ3) is 2.88. The number of carbonyl (C=O) groups excluding carboxylic acids is 1. The van der Waals surface area contributed by atoms with Gasteiger partial charge in [0.25, 0.3) is 5.91 Å². The van der Waals surface area contributed by atoms with Gasteiger partial charge in [0, 0.05) is 18.7 Å². The summed E-state index contributed by atoms with van der Waals surface area (Å²) in [7, 11) is 1.61. The summed E-state index contributed by atoms with van der Waals surface area (Å²) >= 11 is 0. The summed E-state index contributed by atoms with van der Waals surface area (Å²) in [5.41, 5.74) is 1.35. The second-order valence-corrected chi connectivity index (χ2v) is 5.31. The molecule has 2 N–H and O–H groups in total. The van der Waals surface area contributed by atoms with Crippen LogP contribution in [0.4, 0.5) is 0 Å². The molecule has 7 nitrogen and oxygen atoms in total. The smallest absolute Gasteiger partial charge is 0.326 e. The molecule has 0 aliphatic carbocycles. The van der Waals surface area contributed by atoms with Crippen molar-refractivity contribution in [3.8, 4) is 0 Å². The van der Waals surface area contributed by atoms with Gasteiger partial charge >= 0.3 is 11.7 Å². The van der Waals surface area contributed by atoms with Gasteiger partial charge in [-0.2, -0.15) is 0 Å². The molecule has 1 unspecified atom stereocenters. The SMILES string of the molecule is CCC(C)N(CC(=O)O)C(=O)c1ccc2[nH]c(=O)n(C)c2c1. The van der Waals surface area contributed by atoms with Crippen molar-refractivity contribution < 1.29 is 14.7 Å². The normalized spacial score (nSPS) is 12.3. The van der Waals surface area contributed by atoms with Crippen LogP contribution in [0.1, 0.15) is 30.6 Å². The predicted octanol–water partition coefficient (Wildman–Crippen LogP) is 1.19. The number of amides is 1. The summed E-state index contributed by atoms with van der Waals surface area (Å²) in [6, 6.07) is 4.67. The van der Waals surface area contributed by atoms with Gasteiger partial charge < -0.3 is 15.0 Å². The topological polar surface area (TPSA) is 95.4 Å². The third-order valence-electron chi connectivity index (χ3n) is 3.84. The molecule has 118 valence electrons. The van der Waals surface area contributed by atoms with Gasteiger partial charge in [0.2, 0.25) is 0 Å². The molecule has 0 spiro atoms. The van der Waals surface area contributed by atoms with E-state index in [9.17, 15) is 14.4 Å². The summed E-state index contributed by atoms with van der Waals surface area (Å²) in [6.45, 7) is 3.36. The fourth-order valence-electron chi connectivity index (χ4n) is 2.32. The highest BCUT2D eigenvalue weighted by Gasteiger charge is 2.23. The highest BCUT2D eigenvalue weighted by atomic mass is 16.4. The van der Waals surface area contributed by atoms with Crippen molar-refractivity contribution in [1.29, 1.82) is 0 Å². The number of carboxylic acid groups (broad SMARTS) is 1. The molecule has 0 saturated heterocycles. The van der Waals surface area contributed by atoms with Crippen LogP contribution < -0.4 is 5.69 Å². The Morgan fingerprint density at radius 3 is 2.68 bits per heavy atom. The first-order chi connectivity index (χ1) is 10.3. The van der Waals surface area contributed by atoms with Crippen LogP contribution in [-0.2, 0) is 11.8 Å². The molecule has 0 aliphatic heterocycles. The number of aliphatic carboxylic acids is 1. The summed E-state index contributed by atoms with van der Waals surface area (Å²) in [6.07, 6.45) is 0.657. The lowest BCUT2D eigenvalue weighted by Crippen LogP contribution is -2.41. The molecule has 1 amide bonds. The van der Waals surface area contributed by atoms with E-state index in [2.05, 4.69) is 4.98 Å². The first-order valence-corrected chi connectivity index (χ1v) is 7.06. The van der Waals surface area contributed by atoms with Crippen molar-refractivity contribution in [2.45, 2.75) is 26.3 Å². The van der Waals surface area contributed by atoms with Crippen molar-refractivity contribution in [2.24, 2.45) is 7.05 Å². The number of H-pyrrole nitrogens is 1. The minimum absolute atomic E-state index is 0.186. The average Bonchev–Trinajstić information content (AvgIpc) is 2.77. The van der Waals surface area contributed by atoms with Crippen LogP contribution in [-0.4, -0.2) is 44.0 Å². The number of aromatic amines is 1. The van der Waals surface area contributed by atoms with E-state index >= 15 is 0 Å². The molecule has 2 aromatic rings. The van der Waals surface area contributed by atoms with Crippen molar-refractivity contribution in [3.05, 3.63) is 34.2 Å². The number of hydrogen-bond donors (Lipinski definition) is 2. The number of rotatable bonds is 5. The van der Waals surface area contributed by atoms with Crippen molar-refractivity contribution in [1.82, 2.24) is 14.5 Å². The number of aryl methyl sites for hydroxylation is 1. The first-order valence-electron chi connectivity index (χ1n) is 7.06. The number of aromatic nitrogens is 2. The predicted molar refractivity (Wildman–Crippen MR) is 82.0 cm³/mol. The molecule has 2 rings (SSSR count). The Bertz CT molecular complexity index is 775. The van der Waals surface area contributed by atoms with Gasteiger partial charge in [-0.05, 0) is 31.5 Å². The van der Waals surface area contributed by atoms with Gasteiger partial charge in [-0.1, -0.05) is 6.92 Å². The third-order valence-corrected chi connectivity index (χ3v) is 3.84. The highest BCUT2D eigenvalue weighted by Crippen LogP contribution is 2.16.